The first-order chi connectivity index (χ1) is 16.1. The van der Waals surface area contributed by atoms with Crippen molar-refractivity contribution in [3.8, 4) is 0 Å². The molecule has 0 aliphatic heterocycles. The van der Waals surface area contributed by atoms with Crippen LogP contribution < -0.4 is 0 Å². The van der Waals surface area contributed by atoms with Gasteiger partial charge in [0.05, 0.1) is 0 Å². The molecule has 0 saturated carbocycles. The molecule has 0 spiro atoms. The molecule has 0 heterocycles. The van der Waals surface area contributed by atoms with Gasteiger partial charge in [0, 0.05) is 0 Å². The zero-order valence-electron chi connectivity index (χ0n) is 22.9. The topological polar surface area (TPSA) is 0 Å². The van der Waals surface area contributed by atoms with E-state index in [2.05, 4.69) is 142 Å². The summed E-state index contributed by atoms with van der Waals surface area (Å²) in [6.07, 6.45) is 13.0. The molecule has 0 nitrogen and oxygen atoms in total. The Hall–Kier alpha value is -3.12. The van der Waals surface area contributed by atoms with Crippen LogP contribution in [0.3, 0.4) is 0 Å². The van der Waals surface area contributed by atoms with Crippen LogP contribution in [0.15, 0.2) is 48.6 Å². The molecule has 178 valence electrons. The number of allylic oxidation sites excluding steroid dienone is 2. The Morgan fingerprint density at radius 1 is 0.324 bits per heavy atom. The summed E-state index contributed by atoms with van der Waals surface area (Å²) in [5, 5.41) is 0. The van der Waals surface area contributed by atoms with Crippen LogP contribution in [0, 0.1) is 55.4 Å². The number of hydrogen-bond acceptors (Lipinski definition) is 0. The molecule has 3 aromatic rings. The highest BCUT2D eigenvalue weighted by Crippen LogP contribution is 2.22. The van der Waals surface area contributed by atoms with E-state index in [0.717, 1.165) is 0 Å². The van der Waals surface area contributed by atoms with E-state index in [-0.39, 0.29) is 0 Å². The van der Waals surface area contributed by atoms with Crippen molar-refractivity contribution in [1.29, 1.82) is 0 Å². The monoisotopic (exact) mass is 450 g/mol. The van der Waals surface area contributed by atoms with Crippen molar-refractivity contribution in [3.63, 3.8) is 0 Å². The second kappa shape index (κ2) is 12.4. The Kier molecular flexibility index (Phi) is 9.87. The third-order valence-electron chi connectivity index (χ3n) is 6.55. The smallest absolute Gasteiger partial charge is 0.0224 e. The lowest BCUT2D eigenvalue weighted by molar-refractivity contribution is 1.29. The van der Waals surface area contributed by atoms with Crippen molar-refractivity contribution < 1.29 is 0 Å². The minimum Gasteiger partial charge on any atom is -0.0871 e. The Labute approximate surface area is 208 Å². The predicted molar refractivity (Wildman–Crippen MR) is 156 cm³/mol. The molecule has 34 heavy (non-hydrogen) atoms. The summed E-state index contributed by atoms with van der Waals surface area (Å²) in [6, 6.07) is 13.6. The molecule has 3 aromatic carbocycles. The average Bonchev–Trinajstić information content (AvgIpc) is 2.77. The van der Waals surface area contributed by atoms with Gasteiger partial charge in [-0.1, -0.05) is 72.9 Å². The minimum atomic E-state index is 1.29. The summed E-state index contributed by atoms with van der Waals surface area (Å²) in [6.45, 7) is 21.5. The number of hydrogen-bond donors (Lipinski definition) is 0. The highest BCUT2D eigenvalue weighted by Gasteiger charge is 2.02. The van der Waals surface area contributed by atoms with Crippen molar-refractivity contribution >= 4 is 24.3 Å². The molecule has 0 amide bonds. The van der Waals surface area contributed by atoms with Crippen LogP contribution in [0.4, 0.5) is 0 Å². The van der Waals surface area contributed by atoms with Crippen LogP contribution in [0.25, 0.3) is 24.3 Å². The zero-order valence-corrected chi connectivity index (χ0v) is 22.9. The molecule has 0 aliphatic rings. The molecule has 3 rings (SSSR count). The van der Waals surface area contributed by atoms with E-state index in [1.807, 2.05) is 0 Å². The Balaban J connectivity index is 0.000000287. The summed E-state index contributed by atoms with van der Waals surface area (Å²) >= 11 is 0. The summed E-state index contributed by atoms with van der Waals surface area (Å²) in [4.78, 5) is 0. The first-order valence-electron chi connectivity index (χ1n) is 12.3. The van der Waals surface area contributed by atoms with Gasteiger partial charge in [-0.15, -0.1) is 0 Å². The fourth-order valence-electron chi connectivity index (χ4n) is 4.08. The maximum Gasteiger partial charge on any atom is -0.0224 e. The van der Waals surface area contributed by atoms with Gasteiger partial charge in [-0.3, -0.25) is 0 Å². The van der Waals surface area contributed by atoms with Crippen molar-refractivity contribution in [2.75, 3.05) is 0 Å². The third kappa shape index (κ3) is 7.19. The second-order valence-electron chi connectivity index (χ2n) is 9.48. The molecule has 0 bridgehead atoms. The summed E-state index contributed by atoms with van der Waals surface area (Å²) in [7, 11) is 0. The van der Waals surface area contributed by atoms with E-state index < -0.39 is 0 Å². The quantitative estimate of drug-likeness (QED) is 0.347. The Morgan fingerprint density at radius 3 is 0.882 bits per heavy atom. The average molecular weight is 451 g/mol. The van der Waals surface area contributed by atoms with Gasteiger partial charge in [-0.25, -0.2) is 0 Å². The fraction of sp³-hybridized carbons (Fsp3) is 0.294. The van der Waals surface area contributed by atoms with Crippen LogP contribution >= 0.6 is 0 Å². The van der Waals surface area contributed by atoms with Crippen LogP contribution in [-0.4, -0.2) is 0 Å². The molecule has 0 aromatic heterocycles. The minimum absolute atomic E-state index is 1.29. The SMILES string of the molecule is C/C=C/c1cc(C)c(/C=C/c2cc(C)c(C)cc2C)cc1C.C/C=C/c1cc(C)c(C)cc1C. The lowest BCUT2D eigenvalue weighted by atomic mass is 9.97. The van der Waals surface area contributed by atoms with Gasteiger partial charge in [-0.2, -0.15) is 0 Å². The zero-order chi connectivity index (χ0) is 25.4. The first kappa shape index (κ1) is 27.1. The van der Waals surface area contributed by atoms with Crippen LogP contribution in [0.5, 0.6) is 0 Å². The lowest BCUT2D eigenvalue weighted by Gasteiger charge is -2.08. The van der Waals surface area contributed by atoms with Crippen molar-refractivity contribution in [3.05, 3.63) is 115 Å². The van der Waals surface area contributed by atoms with E-state index in [9.17, 15) is 0 Å². The fourth-order valence-corrected chi connectivity index (χ4v) is 4.08. The summed E-state index contributed by atoms with van der Waals surface area (Å²) in [5.41, 5.74) is 16.0. The molecular formula is C34H42. The largest absolute Gasteiger partial charge is 0.0871 e. The molecule has 0 N–H and O–H groups in total. The van der Waals surface area contributed by atoms with E-state index in [1.54, 1.807) is 0 Å². The van der Waals surface area contributed by atoms with Gasteiger partial charge in [0.1, 0.15) is 0 Å². The summed E-state index contributed by atoms with van der Waals surface area (Å²) < 4.78 is 0. The number of rotatable bonds is 4. The molecule has 0 atom stereocenters. The molecule has 0 saturated heterocycles. The number of benzene rings is 3. The second-order valence-corrected chi connectivity index (χ2v) is 9.48. The lowest BCUT2D eigenvalue weighted by Crippen LogP contribution is -1.89. The normalized spacial score (nSPS) is 11.5. The van der Waals surface area contributed by atoms with Gasteiger partial charge in [0.25, 0.3) is 0 Å². The van der Waals surface area contributed by atoms with Gasteiger partial charge in [-0.05, 0) is 136 Å². The molecular weight excluding hydrogens is 408 g/mol. The van der Waals surface area contributed by atoms with Gasteiger partial charge >= 0.3 is 0 Å². The van der Waals surface area contributed by atoms with Crippen molar-refractivity contribution in [1.82, 2.24) is 0 Å². The molecule has 0 heteroatoms. The van der Waals surface area contributed by atoms with Crippen LogP contribution in [0.1, 0.15) is 80.6 Å². The first-order valence-corrected chi connectivity index (χ1v) is 12.3. The van der Waals surface area contributed by atoms with E-state index in [4.69, 9.17) is 0 Å². The maximum atomic E-state index is 2.28. The van der Waals surface area contributed by atoms with Crippen LogP contribution in [-0.2, 0) is 0 Å². The molecule has 0 radical (unpaired) electrons. The predicted octanol–water partition coefficient (Wildman–Crippen LogP) is 10.1. The van der Waals surface area contributed by atoms with Crippen LogP contribution in [0.2, 0.25) is 0 Å². The third-order valence-corrected chi connectivity index (χ3v) is 6.55. The number of aryl methyl sites for hydroxylation is 8. The highest BCUT2D eigenvalue weighted by molar-refractivity contribution is 5.74. The van der Waals surface area contributed by atoms with Gasteiger partial charge in [0.2, 0.25) is 0 Å². The van der Waals surface area contributed by atoms with E-state index in [0.29, 0.717) is 0 Å². The standard InChI is InChI=1S/C22H26.C12H16/c1-7-8-20-13-19(6)22(14-18(20)5)10-9-21-12-16(3)15(2)11-17(21)4;1-5-6-12-8-10(3)9(2)7-11(12)4/h7-14H,1-6H3;5-8H,1-4H3/b8-7+,10-9+;6-5+. The Morgan fingerprint density at radius 2 is 0.559 bits per heavy atom. The van der Waals surface area contributed by atoms with Gasteiger partial charge in [0.15, 0.2) is 0 Å². The summed E-state index contributed by atoms with van der Waals surface area (Å²) in [5.74, 6) is 0. The molecule has 0 unspecified atom stereocenters. The maximum absolute atomic E-state index is 2.28. The molecule has 0 aliphatic carbocycles. The van der Waals surface area contributed by atoms with E-state index >= 15 is 0 Å². The molecule has 0 fully saturated rings. The highest BCUT2D eigenvalue weighted by atomic mass is 14.1. The van der Waals surface area contributed by atoms with E-state index in [1.165, 1.54) is 66.8 Å². The van der Waals surface area contributed by atoms with Gasteiger partial charge < -0.3 is 0 Å². The van der Waals surface area contributed by atoms with Crippen molar-refractivity contribution in [2.45, 2.75) is 69.2 Å². The van der Waals surface area contributed by atoms with Crippen molar-refractivity contribution in [2.24, 2.45) is 0 Å². The Bertz CT molecular complexity index is 1230.